The van der Waals surface area contributed by atoms with E-state index in [1.165, 1.54) is 6.07 Å². The summed E-state index contributed by atoms with van der Waals surface area (Å²) in [5, 5.41) is 0.0929. The number of ether oxygens (including phenoxy) is 1. The minimum absolute atomic E-state index is 0.0929. The van der Waals surface area contributed by atoms with Crippen LogP contribution in [-0.2, 0) is 13.0 Å². The number of nitrogens with two attached hydrogens (primary N) is 1. The molecule has 0 saturated heterocycles. The predicted molar refractivity (Wildman–Crippen MR) is 77.5 cm³/mol. The van der Waals surface area contributed by atoms with Gasteiger partial charge in [-0.1, -0.05) is 17.7 Å². The first kappa shape index (κ1) is 14.8. The third-order valence-electron chi connectivity index (χ3n) is 2.83. The molecular formula is C15H16ClFN2O. The van der Waals surface area contributed by atoms with E-state index in [2.05, 4.69) is 4.98 Å². The van der Waals surface area contributed by atoms with Crippen molar-refractivity contribution in [1.29, 1.82) is 0 Å². The molecule has 0 aliphatic carbocycles. The highest BCUT2D eigenvalue weighted by atomic mass is 35.5. The fraction of sp³-hybridized carbons (Fsp3) is 0.267. The average molecular weight is 295 g/mol. The molecule has 1 aromatic heterocycles. The molecule has 0 radical (unpaired) electrons. The van der Waals surface area contributed by atoms with Gasteiger partial charge in [-0.3, -0.25) is 4.98 Å². The fourth-order valence-corrected chi connectivity index (χ4v) is 2.04. The van der Waals surface area contributed by atoms with E-state index >= 15 is 0 Å². The van der Waals surface area contributed by atoms with Crippen LogP contribution in [0.3, 0.4) is 0 Å². The minimum atomic E-state index is -0.434. The first-order valence-electron chi connectivity index (χ1n) is 6.33. The second-order valence-corrected chi connectivity index (χ2v) is 4.88. The summed E-state index contributed by atoms with van der Waals surface area (Å²) >= 11 is 5.74. The normalized spacial score (nSPS) is 10.6. The van der Waals surface area contributed by atoms with E-state index in [1.807, 2.05) is 19.1 Å². The molecule has 0 fully saturated rings. The molecule has 1 heterocycles. The van der Waals surface area contributed by atoms with Crippen molar-refractivity contribution in [3.8, 4) is 5.75 Å². The zero-order chi connectivity index (χ0) is 14.5. The molecule has 106 valence electrons. The molecule has 20 heavy (non-hydrogen) atoms. The molecule has 3 nitrogen and oxygen atoms in total. The molecular weight excluding hydrogens is 279 g/mol. The summed E-state index contributed by atoms with van der Waals surface area (Å²) in [6.45, 7) is 2.74. The number of halogens is 2. The van der Waals surface area contributed by atoms with Gasteiger partial charge in [0.2, 0.25) is 0 Å². The second kappa shape index (κ2) is 6.68. The Labute approximate surface area is 122 Å². The third kappa shape index (κ3) is 3.68. The zero-order valence-corrected chi connectivity index (χ0v) is 12.0. The highest BCUT2D eigenvalue weighted by Gasteiger charge is 2.07. The van der Waals surface area contributed by atoms with Crippen LogP contribution >= 0.6 is 11.6 Å². The van der Waals surface area contributed by atoms with Gasteiger partial charge in [-0.2, -0.15) is 0 Å². The van der Waals surface area contributed by atoms with Crippen molar-refractivity contribution in [3.63, 3.8) is 0 Å². The lowest BCUT2D eigenvalue weighted by molar-refractivity contribution is 0.301. The summed E-state index contributed by atoms with van der Waals surface area (Å²) < 4.78 is 18.8. The van der Waals surface area contributed by atoms with Crippen molar-refractivity contribution >= 4 is 11.6 Å². The van der Waals surface area contributed by atoms with Crippen molar-refractivity contribution in [1.82, 2.24) is 4.98 Å². The first-order valence-corrected chi connectivity index (χ1v) is 6.71. The van der Waals surface area contributed by atoms with Gasteiger partial charge in [0.1, 0.15) is 18.2 Å². The second-order valence-electron chi connectivity index (χ2n) is 4.47. The Kier molecular flexibility index (Phi) is 4.93. The van der Waals surface area contributed by atoms with Crippen molar-refractivity contribution < 1.29 is 9.13 Å². The fourth-order valence-electron chi connectivity index (χ4n) is 1.84. The molecule has 0 bridgehead atoms. The van der Waals surface area contributed by atoms with Crippen LogP contribution in [0.25, 0.3) is 0 Å². The van der Waals surface area contributed by atoms with E-state index < -0.39 is 5.82 Å². The number of aromatic nitrogens is 1. The van der Waals surface area contributed by atoms with Crippen LogP contribution in [0, 0.1) is 12.7 Å². The standard InChI is InChI=1S/C15H16ClFN2O/c1-10-2-5-15(14(19-10)6-7-18)20-9-11-3-4-13(17)12(16)8-11/h2-5,8H,6-7,9,18H2,1H3. The lowest BCUT2D eigenvalue weighted by Gasteiger charge is -2.11. The van der Waals surface area contributed by atoms with Gasteiger partial charge in [0.15, 0.2) is 0 Å². The lowest BCUT2D eigenvalue weighted by atomic mass is 10.2. The highest BCUT2D eigenvalue weighted by molar-refractivity contribution is 6.30. The summed E-state index contributed by atoms with van der Waals surface area (Å²) in [5.74, 6) is 0.262. The Morgan fingerprint density at radius 2 is 2.10 bits per heavy atom. The maximum absolute atomic E-state index is 13.1. The Morgan fingerprint density at radius 1 is 1.30 bits per heavy atom. The summed E-state index contributed by atoms with van der Waals surface area (Å²) in [7, 11) is 0. The molecule has 2 rings (SSSR count). The van der Waals surface area contributed by atoms with Gasteiger partial charge in [-0.15, -0.1) is 0 Å². The number of pyridine rings is 1. The van der Waals surface area contributed by atoms with Crippen molar-refractivity contribution in [2.45, 2.75) is 20.0 Å². The number of hydrogen-bond acceptors (Lipinski definition) is 3. The summed E-state index contributed by atoms with van der Waals surface area (Å²) in [5.41, 5.74) is 8.13. The minimum Gasteiger partial charge on any atom is -0.487 e. The Hall–Kier alpha value is -1.65. The van der Waals surface area contributed by atoms with Gasteiger partial charge in [-0.05, 0) is 43.3 Å². The van der Waals surface area contributed by atoms with Crippen LogP contribution in [0.4, 0.5) is 4.39 Å². The van der Waals surface area contributed by atoms with Crippen LogP contribution in [0.5, 0.6) is 5.75 Å². The topological polar surface area (TPSA) is 48.1 Å². The number of rotatable bonds is 5. The van der Waals surface area contributed by atoms with Crippen molar-refractivity contribution in [2.75, 3.05) is 6.54 Å². The van der Waals surface area contributed by atoms with E-state index in [-0.39, 0.29) is 5.02 Å². The molecule has 2 N–H and O–H groups in total. The maximum atomic E-state index is 13.1. The first-order chi connectivity index (χ1) is 9.60. The number of nitrogens with zero attached hydrogens (tertiary/aromatic N) is 1. The van der Waals surface area contributed by atoms with E-state index in [9.17, 15) is 4.39 Å². The SMILES string of the molecule is Cc1ccc(OCc2ccc(F)c(Cl)c2)c(CCN)n1. The number of benzene rings is 1. The number of hydrogen-bond donors (Lipinski definition) is 1. The van der Waals surface area contributed by atoms with Gasteiger partial charge in [0.05, 0.1) is 10.7 Å². The van der Waals surface area contributed by atoms with Crippen LogP contribution < -0.4 is 10.5 Å². The van der Waals surface area contributed by atoms with Crippen LogP contribution in [0.1, 0.15) is 17.0 Å². The van der Waals surface area contributed by atoms with E-state index in [1.54, 1.807) is 12.1 Å². The molecule has 0 amide bonds. The maximum Gasteiger partial charge on any atom is 0.141 e. The monoisotopic (exact) mass is 294 g/mol. The Morgan fingerprint density at radius 3 is 2.80 bits per heavy atom. The van der Waals surface area contributed by atoms with Gasteiger partial charge in [0, 0.05) is 12.1 Å². The smallest absolute Gasteiger partial charge is 0.141 e. The van der Waals surface area contributed by atoms with Crippen LogP contribution in [0.2, 0.25) is 5.02 Å². The Bertz CT molecular complexity index is 604. The lowest BCUT2D eigenvalue weighted by Crippen LogP contribution is -2.08. The van der Waals surface area contributed by atoms with Gasteiger partial charge < -0.3 is 10.5 Å². The van der Waals surface area contributed by atoms with E-state index in [4.69, 9.17) is 22.1 Å². The molecule has 0 aliphatic heterocycles. The largest absolute Gasteiger partial charge is 0.487 e. The van der Waals surface area contributed by atoms with E-state index in [0.29, 0.717) is 25.3 Å². The van der Waals surface area contributed by atoms with Gasteiger partial charge in [-0.25, -0.2) is 4.39 Å². The molecule has 0 saturated carbocycles. The van der Waals surface area contributed by atoms with Gasteiger partial charge >= 0.3 is 0 Å². The van der Waals surface area contributed by atoms with Crippen molar-refractivity contribution in [2.24, 2.45) is 5.73 Å². The molecule has 1 aromatic carbocycles. The number of aryl methyl sites for hydroxylation is 1. The Balaban J connectivity index is 2.11. The molecule has 0 aliphatic rings. The van der Waals surface area contributed by atoms with E-state index in [0.717, 1.165) is 17.0 Å². The molecule has 0 spiro atoms. The molecule has 5 heteroatoms. The molecule has 2 aromatic rings. The zero-order valence-electron chi connectivity index (χ0n) is 11.2. The molecule has 0 unspecified atom stereocenters. The molecule has 0 atom stereocenters. The average Bonchev–Trinajstić information content (AvgIpc) is 2.42. The third-order valence-corrected chi connectivity index (χ3v) is 3.12. The van der Waals surface area contributed by atoms with Gasteiger partial charge in [0.25, 0.3) is 0 Å². The quantitative estimate of drug-likeness (QED) is 0.921. The van der Waals surface area contributed by atoms with Crippen molar-refractivity contribution in [3.05, 3.63) is 58.1 Å². The summed E-state index contributed by atoms with van der Waals surface area (Å²) in [6.07, 6.45) is 0.654. The predicted octanol–water partition coefficient (Wildman–Crippen LogP) is 3.26. The highest BCUT2D eigenvalue weighted by Crippen LogP contribution is 2.21. The van der Waals surface area contributed by atoms with Crippen LogP contribution in [0.15, 0.2) is 30.3 Å². The summed E-state index contributed by atoms with van der Waals surface area (Å²) in [6, 6.07) is 8.28. The van der Waals surface area contributed by atoms with Crippen LogP contribution in [-0.4, -0.2) is 11.5 Å². The summed E-state index contributed by atoms with van der Waals surface area (Å²) in [4.78, 5) is 4.42.